The topological polar surface area (TPSA) is 89.2 Å². The van der Waals surface area contributed by atoms with Crippen molar-refractivity contribution >= 4 is 17.4 Å². The number of hydrogen-bond acceptors (Lipinski definition) is 5. The van der Waals surface area contributed by atoms with Gasteiger partial charge in [0.2, 0.25) is 0 Å². The Morgan fingerprint density at radius 3 is 2.50 bits per heavy atom. The highest BCUT2D eigenvalue weighted by atomic mass is 16.2. The molecule has 1 aliphatic heterocycles. The predicted molar refractivity (Wildman–Crippen MR) is 99.7 cm³/mol. The van der Waals surface area contributed by atoms with Gasteiger partial charge in [-0.25, -0.2) is 9.78 Å². The molecule has 0 bridgehead atoms. The van der Waals surface area contributed by atoms with Crippen LogP contribution in [0.25, 0.3) is 0 Å². The highest BCUT2D eigenvalue weighted by Gasteiger charge is 2.18. The molecule has 0 unspecified atom stereocenters. The third-order valence-corrected chi connectivity index (χ3v) is 4.81. The maximum absolute atomic E-state index is 12.4. The van der Waals surface area contributed by atoms with Gasteiger partial charge in [-0.15, -0.1) is 0 Å². The molecule has 1 fully saturated rings. The SMILES string of the molecule is CC1CCN(c2ccc(C(=O)Nc3cn(C)c(=O)n(C)c3=O)cn2)CC1. The van der Waals surface area contributed by atoms with E-state index in [1.165, 1.54) is 31.1 Å². The zero-order chi connectivity index (χ0) is 18.8. The van der Waals surface area contributed by atoms with E-state index in [1.54, 1.807) is 6.07 Å². The average Bonchev–Trinajstić information content (AvgIpc) is 2.65. The first-order valence-electron chi connectivity index (χ1n) is 8.66. The predicted octanol–water partition coefficient (Wildman–Crippen LogP) is 0.968. The minimum absolute atomic E-state index is 0.0497. The fourth-order valence-electron chi connectivity index (χ4n) is 3.03. The number of carbonyl (C=O) groups is 1. The second kappa shape index (κ2) is 7.15. The summed E-state index contributed by atoms with van der Waals surface area (Å²) in [5.74, 6) is 1.15. The van der Waals surface area contributed by atoms with Crippen LogP contribution in [0.3, 0.4) is 0 Å². The van der Waals surface area contributed by atoms with Gasteiger partial charge in [-0.2, -0.15) is 0 Å². The van der Waals surface area contributed by atoms with Gasteiger partial charge < -0.3 is 14.8 Å². The Balaban J connectivity index is 1.75. The van der Waals surface area contributed by atoms with Crippen molar-refractivity contribution in [2.24, 2.45) is 20.0 Å². The molecule has 0 atom stereocenters. The summed E-state index contributed by atoms with van der Waals surface area (Å²) < 4.78 is 2.20. The van der Waals surface area contributed by atoms with E-state index in [9.17, 15) is 14.4 Å². The lowest BCUT2D eigenvalue weighted by atomic mass is 9.99. The number of aryl methyl sites for hydroxylation is 1. The van der Waals surface area contributed by atoms with Gasteiger partial charge in [0, 0.05) is 39.6 Å². The van der Waals surface area contributed by atoms with Gasteiger partial charge in [0.25, 0.3) is 11.5 Å². The van der Waals surface area contributed by atoms with Crippen molar-refractivity contribution in [2.75, 3.05) is 23.3 Å². The summed E-state index contributed by atoms with van der Waals surface area (Å²) in [4.78, 5) is 42.8. The number of nitrogens with one attached hydrogen (secondary N) is 1. The van der Waals surface area contributed by atoms with Crippen LogP contribution in [-0.2, 0) is 14.1 Å². The Bertz CT molecular complexity index is 921. The monoisotopic (exact) mass is 357 g/mol. The number of nitrogens with zero attached hydrogens (tertiary/aromatic N) is 4. The summed E-state index contributed by atoms with van der Waals surface area (Å²) in [7, 11) is 2.89. The zero-order valence-corrected chi connectivity index (χ0v) is 15.2. The van der Waals surface area contributed by atoms with E-state index in [0.29, 0.717) is 5.56 Å². The first kappa shape index (κ1) is 17.9. The molecule has 1 amide bonds. The van der Waals surface area contributed by atoms with Gasteiger partial charge >= 0.3 is 5.69 Å². The molecule has 0 aromatic carbocycles. The number of amides is 1. The molecular weight excluding hydrogens is 334 g/mol. The van der Waals surface area contributed by atoms with Crippen molar-refractivity contribution in [3.63, 3.8) is 0 Å². The Hall–Kier alpha value is -2.90. The number of rotatable bonds is 3. The smallest absolute Gasteiger partial charge is 0.330 e. The molecule has 3 heterocycles. The molecule has 138 valence electrons. The second-order valence-electron chi connectivity index (χ2n) is 6.83. The number of carbonyl (C=O) groups excluding carboxylic acids is 1. The Morgan fingerprint density at radius 2 is 1.88 bits per heavy atom. The largest absolute Gasteiger partial charge is 0.357 e. The third-order valence-electron chi connectivity index (χ3n) is 4.81. The molecule has 0 spiro atoms. The lowest BCUT2D eigenvalue weighted by Gasteiger charge is -2.31. The van der Waals surface area contributed by atoms with E-state index in [4.69, 9.17) is 0 Å². The maximum Gasteiger partial charge on any atom is 0.330 e. The van der Waals surface area contributed by atoms with Gasteiger partial charge in [0.15, 0.2) is 0 Å². The normalized spacial score (nSPS) is 15.1. The Morgan fingerprint density at radius 1 is 1.19 bits per heavy atom. The summed E-state index contributed by atoms with van der Waals surface area (Å²) in [6, 6.07) is 3.52. The molecule has 26 heavy (non-hydrogen) atoms. The highest BCUT2D eigenvalue weighted by Crippen LogP contribution is 2.21. The molecule has 0 saturated carbocycles. The van der Waals surface area contributed by atoms with E-state index in [0.717, 1.165) is 42.2 Å². The fourth-order valence-corrected chi connectivity index (χ4v) is 3.03. The van der Waals surface area contributed by atoms with E-state index >= 15 is 0 Å². The number of aromatic nitrogens is 3. The molecule has 1 N–H and O–H groups in total. The summed E-state index contributed by atoms with van der Waals surface area (Å²) >= 11 is 0. The average molecular weight is 357 g/mol. The van der Waals surface area contributed by atoms with Crippen molar-refractivity contribution in [1.29, 1.82) is 0 Å². The van der Waals surface area contributed by atoms with Crippen LogP contribution >= 0.6 is 0 Å². The van der Waals surface area contributed by atoms with Gasteiger partial charge in [-0.05, 0) is 30.9 Å². The van der Waals surface area contributed by atoms with E-state index < -0.39 is 17.2 Å². The van der Waals surface area contributed by atoms with Crippen molar-refractivity contribution in [2.45, 2.75) is 19.8 Å². The first-order chi connectivity index (χ1) is 12.4. The molecule has 1 aliphatic rings. The van der Waals surface area contributed by atoms with Crippen LogP contribution < -0.4 is 21.5 Å². The summed E-state index contributed by atoms with van der Waals surface area (Å²) in [6.45, 7) is 4.18. The number of pyridine rings is 1. The molecule has 8 nitrogen and oxygen atoms in total. The van der Waals surface area contributed by atoms with E-state index in [2.05, 4.69) is 22.1 Å². The summed E-state index contributed by atoms with van der Waals surface area (Å²) in [6.07, 6.45) is 5.11. The van der Waals surface area contributed by atoms with Crippen LogP contribution in [0.2, 0.25) is 0 Å². The van der Waals surface area contributed by atoms with Gasteiger partial charge in [0.05, 0.1) is 5.56 Å². The molecule has 2 aromatic heterocycles. The fraction of sp³-hybridized carbons (Fsp3) is 0.444. The standard InChI is InChI=1S/C18H23N5O3/c1-12-6-8-23(9-7-12)15-5-4-13(10-19-15)16(24)20-14-11-21(2)18(26)22(3)17(14)25/h4-5,10-12H,6-9H2,1-3H3,(H,20,24). The first-order valence-corrected chi connectivity index (χ1v) is 8.66. The zero-order valence-electron chi connectivity index (χ0n) is 15.2. The molecular formula is C18H23N5O3. The third kappa shape index (κ3) is 3.54. The van der Waals surface area contributed by atoms with Crippen LogP contribution in [-0.4, -0.2) is 33.1 Å². The van der Waals surface area contributed by atoms with Crippen molar-refractivity contribution < 1.29 is 4.79 Å². The van der Waals surface area contributed by atoms with Crippen molar-refractivity contribution in [3.05, 3.63) is 50.9 Å². The van der Waals surface area contributed by atoms with Crippen LogP contribution in [0.4, 0.5) is 11.5 Å². The van der Waals surface area contributed by atoms with Gasteiger partial charge in [-0.3, -0.25) is 14.2 Å². The van der Waals surface area contributed by atoms with Crippen LogP contribution in [0, 0.1) is 5.92 Å². The minimum atomic E-state index is -0.548. The number of hydrogen-bond donors (Lipinski definition) is 1. The second-order valence-corrected chi connectivity index (χ2v) is 6.83. The van der Waals surface area contributed by atoms with Crippen LogP contribution in [0.5, 0.6) is 0 Å². The van der Waals surface area contributed by atoms with Crippen LogP contribution in [0.15, 0.2) is 34.1 Å². The minimum Gasteiger partial charge on any atom is -0.357 e. The molecule has 3 rings (SSSR count). The molecule has 0 radical (unpaired) electrons. The van der Waals surface area contributed by atoms with Gasteiger partial charge in [0.1, 0.15) is 11.5 Å². The molecule has 1 saturated heterocycles. The number of piperidine rings is 1. The molecule has 2 aromatic rings. The Labute approximate surface area is 151 Å². The number of anilines is 2. The van der Waals surface area contributed by atoms with Crippen LogP contribution in [0.1, 0.15) is 30.1 Å². The van der Waals surface area contributed by atoms with E-state index in [-0.39, 0.29) is 5.69 Å². The quantitative estimate of drug-likeness (QED) is 0.884. The van der Waals surface area contributed by atoms with E-state index in [1.807, 2.05) is 6.07 Å². The van der Waals surface area contributed by atoms with Gasteiger partial charge in [-0.1, -0.05) is 6.92 Å². The highest BCUT2D eigenvalue weighted by molar-refractivity contribution is 6.03. The molecule has 0 aliphatic carbocycles. The lowest BCUT2D eigenvalue weighted by molar-refractivity contribution is 0.102. The maximum atomic E-state index is 12.4. The van der Waals surface area contributed by atoms with Crippen molar-refractivity contribution in [1.82, 2.24) is 14.1 Å². The van der Waals surface area contributed by atoms with Crippen molar-refractivity contribution in [3.8, 4) is 0 Å². The lowest BCUT2D eigenvalue weighted by Crippen LogP contribution is -2.38. The summed E-state index contributed by atoms with van der Waals surface area (Å²) in [5, 5.41) is 2.55. The summed E-state index contributed by atoms with van der Waals surface area (Å²) in [5.41, 5.74) is -0.591. The molecule has 8 heteroatoms. The Kier molecular flexibility index (Phi) is 4.92.